The lowest BCUT2D eigenvalue weighted by molar-refractivity contribution is -0.126. The monoisotopic (exact) mass is 498 g/mol. The van der Waals surface area contributed by atoms with Crippen molar-refractivity contribution in [3.8, 4) is 11.4 Å². The van der Waals surface area contributed by atoms with Crippen molar-refractivity contribution in [2.75, 3.05) is 0 Å². The van der Waals surface area contributed by atoms with Crippen molar-refractivity contribution in [1.29, 1.82) is 0 Å². The molecule has 1 aliphatic carbocycles. The number of nitrogens with one attached hydrogen (secondary N) is 2. The fourth-order valence-electron chi connectivity index (χ4n) is 4.47. The summed E-state index contributed by atoms with van der Waals surface area (Å²) in [7, 11) is -1.75. The predicted octanol–water partition coefficient (Wildman–Crippen LogP) is 4.25. The summed E-state index contributed by atoms with van der Waals surface area (Å²) in [4.78, 5) is 17.3. The molecule has 1 saturated carbocycles. The molecule has 1 aliphatic rings. The number of aryl methyl sites for hydroxylation is 1. The van der Waals surface area contributed by atoms with Crippen LogP contribution in [0.1, 0.15) is 49.9 Å². The third kappa shape index (κ3) is 5.79. The van der Waals surface area contributed by atoms with Gasteiger partial charge in [0.2, 0.25) is 15.9 Å². The predicted molar refractivity (Wildman–Crippen MR) is 132 cm³/mol. The summed E-state index contributed by atoms with van der Waals surface area (Å²) < 4.78 is 43.7. The van der Waals surface area contributed by atoms with Gasteiger partial charge >= 0.3 is 0 Å². The van der Waals surface area contributed by atoms with Crippen molar-refractivity contribution in [2.45, 2.75) is 56.5 Å². The molecular formula is C26H31FN4O3S. The third-order valence-corrected chi connectivity index (χ3v) is 8.33. The highest BCUT2D eigenvalue weighted by Crippen LogP contribution is 2.27. The number of hydrogen-bond acceptors (Lipinski definition) is 4. The molecule has 9 heteroatoms. The summed E-state index contributed by atoms with van der Waals surface area (Å²) in [5.74, 6) is 0.249. The van der Waals surface area contributed by atoms with E-state index < -0.39 is 10.0 Å². The van der Waals surface area contributed by atoms with Crippen LogP contribution in [0.2, 0.25) is 0 Å². The molecule has 1 amide bonds. The van der Waals surface area contributed by atoms with E-state index in [9.17, 15) is 17.6 Å². The average molecular weight is 499 g/mol. The second kappa shape index (κ2) is 10.3. The Morgan fingerprint density at radius 2 is 1.69 bits per heavy atom. The zero-order valence-electron chi connectivity index (χ0n) is 20.2. The Hall–Kier alpha value is -3.04. The number of hydrogen-bond donors (Lipinski definition) is 2. The lowest BCUT2D eigenvalue weighted by Gasteiger charge is -2.29. The van der Waals surface area contributed by atoms with Crippen molar-refractivity contribution in [1.82, 2.24) is 19.6 Å². The number of amides is 1. The Morgan fingerprint density at radius 3 is 2.26 bits per heavy atom. The van der Waals surface area contributed by atoms with Crippen LogP contribution in [0, 0.1) is 18.7 Å². The van der Waals surface area contributed by atoms with E-state index in [-0.39, 0.29) is 34.6 Å². The molecule has 1 fully saturated rings. The fourth-order valence-corrected chi connectivity index (χ4v) is 5.78. The van der Waals surface area contributed by atoms with Crippen LogP contribution in [0.4, 0.5) is 4.39 Å². The minimum Gasteiger partial charge on any atom is -0.349 e. The normalized spacial score (nSPS) is 19.3. The van der Waals surface area contributed by atoms with E-state index >= 15 is 0 Å². The van der Waals surface area contributed by atoms with E-state index in [1.54, 1.807) is 42.6 Å². The highest BCUT2D eigenvalue weighted by Gasteiger charge is 2.29. The number of imidazole rings is 1. The quantitative estimate of drug-likeness (QED) is 0.509. The van der Waals surface area contributed by atoms with Gasteiger partial charge in [-0.05, 0) is 81.5 Å². The van der Waals surface area contributed by atoms with Gasteiger partial charge in [-0.1, -0.05) is 12.1 Å². The summed E-state index contributed by atoms with van der Waals surface area (Å²) in [5.41, 5.74) is 2.71. The van der Waals surface area contributed by atoms with Gasteiger partial charge < -0.3 is 9.88 Å². The first-order valence-electron chi connectivity index (χ1n) is 11.8. The van der Waals surface area contributed by atoms with Crippen LogP contribution < -0.4 is 10.0 Å². The Bertz CT molecular complexity index is 1280. The molecule has 3 aromatic rings. The van der Waals surface area contributed by atoms with Crippen LogP contribution in [-0.4, -0.2) is 29.9 Å². The van der Waals surface area contributed by atoms with E-state index in [2.05, 4.69) is 15.0 Å². The van der Waals surface area contributed by atoms with Crippen LogP contribution in [-0.2, 0) is 21.9 Å². The van der Waals surface area contributed by atoms with Crippen molar-refractivity contribution in [2.24, 2.45) is 13.0 Å². The van der Waals surface area contributed by atoms with Crippen molar-refractivity contribution < 1.29 is 17.6 Å². The second-order valence-corrected chi connectivity index (χ2v) is 11.0. The molecule has 2 aromatic carbocycles. The zero-order valence-corrected chi connectivity index (χ0v) is 21.0. The maximum Gasteiger partial charge on any atom is 0.240 e. The summed E-state index contributed by atoms with van der Waals surface area (Å²) in [6, 6.07) is 12.4. The molecule has 1 aromatic heterocycles. The Kier molecular flexibility index (Phi) is 7.37. The SMILES string of the molecule is Cc1cnc(-c2ccc(S(=O)(=O)NC3CCC(C(=O)N[C@H](C)c4ccc(F)cc4)CC3)cc2)n1C. The van der Waals surface area contributed by atoms with E-state index in [1.165, 1.54) is 12.1 Å². The summed E-state index contributed by atoms with van der Waals surface area (Å²) >= 11 is 0. The van der Waals surface area contributed by atoms with Crippen LogP contribution in [0.5, 0.6) is 0 Å². The maximum absolute atomic E-state index is 13.1. The average Bonchev–Trinajstić information content (AvgIpc) is 3.17. The molecule has 7 nitrogen and oxygen atoms in total. The molecule has 1 atom stereocenters. The molecule has 0 spiro atoms. The number of carbonyl (C=O) groups excluding carboxylic acids is 1. The van der Waals surface area contributed by atoms with E-state index in [1.807, 2.05) is 25.5 Å². The largest absolute Gasteiger partial charge is 0.349 e. The minimum atomic E-state index is -3.67. The highest BCUT2D eigenvalue weighted by molar-refractivity contribution is 7.89. The first-order valence-corrected chi connectivity index (χ1v) is 13.3. The Morgan fingerprint density at radius 1 is 1.06 bits per heavy atom. The topological polar surface area (TPSA) is 93.1 Å². The molecule has 0 radical (unpaired) electrons. The molecule has 186 valence electrons. The summed E-state index contributed by atoms with van der Waals surface area (Å²) in [6.45, 7) is 3.83. The van der Waals surface area contributed by atoms with Crippen molar-refractivity contribution >= 4 is 15.9 Å². The Labute approximate surface area is 205 Å². The number of benzene rings is 2. The minimum absolute atomic E-state index is 0.0526. The molecule has 35 heavy (non-hydrogen) atoms. The van der Waals surface area contributed by atoms with E-state index in [0.717, 1.165) is 22.6 Å². The lowest BCUT2D eigenvalue weighted by Crippen LogP contribution is -2.41. The van der Waals surface area contributed by atoms with Crippen molar-refractivity contribution in [3.05, 3.63) is 71.8 Å². The molecule has 2 N–H and O–H groups in total. The number of sulfonamides is 1. The third-order valence-electron chi connectivity index (χ3n) is 6.79. The van der Waals surface area contributed by atoms with Gasteiger partial charge in [-0.25, -0.2) is 22.5 Å². The van der Waals surface area contributed by atoms with Crippen LogP contribution in [0.25, 0.3) is 11.4 Å². The van der Waals surface area contributed by atoms with E-state index in [0.29, 0.717) is 25.7 Å². The smallest absolute Gasteiger partial charge is 0.240 e. The molecule has 0 unspecified atom stereocenters. The molecule has 0 aliphatic heterocycles. The second-order valence-electron chi connectivity index (χ2n) is 9.26. The van der Waals surface area contributed by atoms with Gasteiger partial charge in [0, 0.05) is 36.5 Å². The zero-order chi connectivity index (χ0) is 25.2. The molecule has 0 saturated heterocycles. The van der Waals surface area contributed by atoms with Crippen LogP contribution >= 0.6 is 0 Å². The maximum atomic E-state index is 13.1. The summed E-state index contributed by atoms with van der Waals surface area (Å²) in [5, 5.41) is 2.99. The van der Waals surface area contributed by atoms with Gasteiger partial charge in [0.25, 0.3) is 0 Å². The van der Waals surface area contributed by atoms with Crippen LogP contribution in [0.3, 0.4) is 0 Å². The van der Waals surface area contributed by atoms with Gasteiger partial charge in [0.05, 0.1) is 10.9 Å². The van der Waals surface area contributed by atoms with Crippen molar-refractivity contribution in [3.63, 3.8) is 0 Å². The van der Waals surface area contributed by atoms with Gasteiger partial charge in [0.15, 0.2) is 0 Å². The van der Waals surface area contributed by atoms with Crippen LogP contribution in [0.15, 0.2) is 59.6 Å². The first-order chi connectivity index (χ1) is 16.6. The molecular weight excluding hydrogens is 467 g/mol. The summed E-state index contributed by atoms with van der Waals surface area (Å²) in [6.07, 6.45) is 4.17. The number of carbonyl (C=O) groups is 1. The molecule has 1 heterocycles. The van der Waals surface area contributed by atoms with E-state index in [4.69, 9.17) is 0 Å². The van der Waals surface area contributed by atoms with Gasteiger partial charge in [-0.3, -0.25) is 4.79 Å². The lowest BCUT2D eigenvalue weighted by atomic mass is 9.85. The number of rotatable bonds is 7. The number of nitrogens with zero attached hydrogens (tertiary/aromatic N) is 2. The highest BCUT2D eigenvalue weighted by atomic mass is 32.2. The standard InChI is InChI=1S/C26H31FN4O3S/c1-17-16-28-25(31(17)3)20-8-14-24(15-9-20)35(33,34)30-23-12-6-21(7-13-23)26(32)29-18(2)19-4-10-22(27)11-5-19/h4-5,8-11,14-16,18,21,23,30H,6-7,12-13H2,1-3H3,(H,29,32)/t18-,21?,23?/m1/s1. The van der Waals surface area contributed by atoms with Gasteiger partial charge in [0.1, 0.15) is 11.6 Å². The Balaban J connectivity index is 1.31. The fraction of sp³-hybridized carbons (Fsp3) is 0.385. The molecule has 0 bridgehead atoms. The number of aromatic nitrogens is 2. The first kappa shape index (κ1) is 25.1. The molecule has 4 rings (SSSR count). The van der Waals surface area contributed by atoms with Gasteiger partial charge in [-0.2, -0.15) is 0 Å². The van der Waals surface area contributed by atoms with Gasteiger partial charge in [-0.15, -0.1) is 0 Å². The number of halogens is 1.